The standard InChI is InChI=1S/C19H19N3O4S2/c1-14-17(20-18(26-14)15-6-3-2-4-7-15)19(23)21-9-11-22(12-10-21)28(24,25)16-8-5-13-27-16/h2-8,13H,9-12H2,1H3. The predicted octanol–water partition coefficient (Wildman–Crippen LogP) is 2.86. The minimum atomic E-state index is -3.49. The molecule has 0 aliphatic carbocycles. The van der Waals surface area contributed by atoms with Gasteiger partial charge in [0.1, 0.15) is 9.97 Å². The lowest BCUT2D eigenvalue weighted by atomic mass is 10.2. The molecule has 146 valence electrons. The van der Waals surface area contributed by atoms with Crippen molar-refractivity contribution in [1.29, 1.82) is 0 Å². The first-order valence-electron chi connectivity index (χ1n) is 8.82. The Bertz CT molecular complexity index is 1070. The second kappa shape index (κ2) is 7.50. The van der Waals surface area contributed by atoms with Crippen molar-refractivity contribution < 1.29 is 17.6 Å². The Kier molecular flexibility index (Phi) is 5.05. The molecule has 0 spiro atoms. The van der Waals surface area contributed by atoms with E-state index in [2.05, 4.69) is 4.98 Å². The maximum Gasteiger partial charge on any atom is 0.276 e. The fourth-order valence-corrected chi connectivity index (χ4v) is 5.68. The smallest absolute Gasteiger partial charge is 0.276 e. The fourth-order valence-electron chi connectivity index (χ4n) is 3.12. The molecule has 0 N–H and O–H groups in total. The number of carbonyl (C=O) groups is 1. The van der Waals surface area contributed by atoms with Gasteiger partial charge < -0.3 is 9.32 Å². The first-order chi connectivity index (χ1) is 13.5. The molecule has 0 saturated carbocycles. The van der Waals surface area contributed by atoms with Gasteiger partial charge >= 0.3 is 0 Å². The number of carbonyl (C=O) groups excluding carboxylic acids is 1. The van der Waals surface area contributed by atoms with Crippen molar-refractivity contribution in [2.75, 3.05) is 26.2 Å². The van der Waals surface area contributed by atoms with Crippen LogP contribution in [0.25, 0.3) is 11.5 Å². The second-order valence-electron chi connectivity index (χ2n) is 6.42. The third-order valence-corrected chi connectivity index (χ3v) is 7.91. The van der Waals surface area contributed by atoms with E-state index in [1.807, 2.05) is 30.3 Å². The molecule has 7 nitrogen and oxygen atoms in total. The number of nitrogens with zero attached hydrogens (tertiary/aromatic N) is 3. The molecule has 0 bridgehead atoms. The zero-order chi connectivity index (χ0) is 19.7. The molecular formula is C19H19N3O4S2. The quantitative estimate of drug-likeness (QED) is 0.652. The molecular weight excluding hydrogens is 398 g/mol. The largest absolute Gasteiger partial charge is 0.441 e. The number of aryl methyl sites for hydroxylation is 1. The molecule has 0 radical (unpaired) electrons. The van der Waals surface area contributed by atoms with Crippen molar-refractivity contribution in [3.8, 4) is 11.5 Å². The highest BCUT2D eigenvalue weighted by atomic mass is 32.2. The van der Waals surface area contributed by atoms with Crippen LogP contribution in [0.3, 0.4) is 0 Å². The molecule has 3 heterocycles. The van der Waals surface area contributed by atoms with Gasteiger partial charge in [-0.2, -0.15) is 4.31 Å². The highest BCUT2D eigenvalue weighted by Crippen LogP contribution is 2.24. The van der Waals surface area contributed by atoms with Crippen molar-refractivity contribution in [2.24, 2.45) is 0 Å². The summed E-state index contributed by atoms with van der Waals surface area (Å²) in [7, 11) is -3.49. The van der Waals surface area contributed by atoms with E-state index in [-0.39, 0.29) is 24.7 Å². The number of aromatic nitrogens is 1. The van der Waals surface area contributed by atoms with E-state index >= 15 is 0 Å². The Morgan fingerprint density at radius 1 is 1.07 bits per heavy atom. The molecule has 1 amide bonds. The Balaban J connectivity index is 1.47. The van der Waals surface area contributed by atoms with Gasteiger partial charge in [-0.05, 0) is 30.5 Å². The van der Waals surface area contributed by atoms with Crippen LogP contribution in [-0.2, 0) is 10.0 Å². The van der Waals surface area contributed by atoms with Crippen LogP contribution in [0.15, 0.2) is 56.5 Å². The average Bonchev–Trinajstić information content (AvgIpc) is 3.39. The molecule has 4 rings (SSSR count). The molecule has 2 aromatic heterocycles. The van der Waals surface area contributed by atoms with E-state index in [4.69, 9.17) is 4.42 Å². The van der Waals surface area contributed by atoms with E-state index < -0.39 is 10.0 Å². The molecule has 1 aromatic carbocycles. The molecule has 1 saturated heterocycles. The van der Waals surface area contributed by atoms with Crippen LogP contribution >= 0.6 is 11.3 Å². The predicted molar refractivity (Wildman–Crippen MR) is 106 cm³/mol. The molecule has 9 heteroatoms. The summed E-state index contributed by atoms with van der Waals surface area (Å²) in [6.45, 7) is 2.86. The van der Waals surface area contributed by atoms with Crippen LogP contribution in [0.2, 0.25) is 0 Å². The summed E-state index contributed by atoms with van der Waals surface area (Å²) in [5.41, 5.74) is 1.07. The number of sulfonamides is 1. The van der Waals surface area contributed by atoms with Gasteiger partial charge in [0.15, 0.2) is 5.69 Å². The average molecular weight is 418 g/mol. The maximum absolute atomic E-state index is 12.9. The Labute approximate surface area is 167 Å². The van der Waals surface area contributed by atoms with Crippen LogP contribution in [0.1, 0.15) is 16.2 Å². The third kappa shape index (κ3) is 3.48. The van der Waals surface area contributed by atoms with Crippen molar-refractivity contribution in [2.45, 2.75) is 11.1 Å². The zero-order valence-electron chi connectivity index (χ0n) is 15.2. The Morgan fingerprint density at radius 3 is 2.43 bits per heavy atom. The topological polar surface area (TPSA) is 83.7 Å². The number of benzene rings is 1. The second-order valence-corrected chi connectivity index (χ2v) is 9.53. The van der Waals surface area contributed by atoms with Crippen LogP contribution < -0.4 is 0 Å². The zero-order valence-corrected chi connectivity index (χ0v) is 16.9. The summed E-state index contributed by atoms with van der Waals surface area (Å²) >= 11 is 1.20. The number of piperazine rings is 1. The summed E-state index contributed by atoms with van der Waals surface area (Å²) in [5, 5.41) is 1.74. The molecule has 0 unspecified atom stereocenters. The highest BCUT2D eigenvalue weighted by molar-refractivity contribution is 7.91. The number of rotatable bonds is 4. The normalized spacial score (nSPS) is 15.7. The lowest BCUT2D eigenvalue weighted by Crippen LogP contribution is -2.50. The summed E-state index contributed by atoms with van der Waals surface area (Å²) in [5.74, 6) is 0.620. The lowest BCUT2D eigenvalue weighted by Gasteiger charge is -2.33. The molecule has 0 atom stereocenters. The van der Waals surface area contributed by atoms with Crippen molar-refractivity contribution in [3.63, 3.8) is 0 Å². The van der Waals surface area contributed by atoms with Crippen molar-refractivity contribution in [3.05, 3.63) is 59.3 Å². The van der Waals surface area contributed by atoms with Crippen LogP contribution in [0.4, 0.5) is 0 Å². The van der Waals surface area contributed by atoms with Crippen molar-refractivity contribution in [1.82, 2.24) is 14.2 Å². The maximum atomic E-state index is 12.9. The number of hydrogen-bond donors (Lipinski definition) is 0. The van der Waals surface area contributed by atoms with Gasteiger partial charge in [-0.15, -0.1) is 11.3 Å². The molecule has 1 aliphatic rings. The van der Waals surface area contributed by atoms with E-state index in [1.165, 1.54) is 15.6 Å². The van der Waals surface area contributed by atoms with Gasteiger partial charge in [-0.25, -0.2) is 13.4 Å². The van der Waals surface area contributed by atoms with E-state index in [9.17, 15) is 13.2 Å². The minimum Gasteiger partial charge on any atom is -0.441 e. The minimum absolute atomic E-state index is 0.239. The Morgan fingerprint density at radius 2 is 1.79 bits per heavy atom. The Hall–Kier alpha value is -2.49. The van der Waals surface area contributed by atoms with Crippen LogP contribution in [0, 0.1) is 6.92 Å². The fraction of sp³-hybridized carbons (Fsp3) is 0.263. The number of thiophene rings is 1. The third-order valence-electron chi connectivity index (χ3n) is 4.63. The van der Waals surface area contributed by atoms with Crippen molar-refractivity contribution >= 4 is 27.3 Å². The van der Waals surface area contributed by atoms with E-state index in [1.54, 1.807) is 29.3 Å². The van der Waals surface area contributed by atoms with Gasteiger partial charge in [-0.1, -0.05) is 24.3 Å². The van der Waals surface area contributed by atoms with Gasteiger partial charge in [0, 0.05) is 31.7 Å². The molecule has 1 aliphatic heterocycles. The van der Waals surface area contributed by atoms with E-state index in [0.717, 1.165) is 5.56 Å². The SMILES string of the molecule is Cc1oc(-c2ccccc2)nc1C(=O)N1CCN(S(=O)(=O)c2cccs2)CC1. The van der Waals surface area contributed by atoms with Gasteiger partial charge in [0.05, 0.1) is 0 Å². The van der Waals surface area contributed by atoms with Crippen LogP contribution in [-0.4, -0.2) is 54.7 Å². The first kappa shape index (κ1) is 18.9. The number of oxazole rings is 1. The molecule has 1 fully saturated rings. The first-order valence-corrected chi connectivity index (χ1v) is 11.1. The molecule has 28 heavy (non-hydrogen) atoms. The van der Waals surface area contributed by atoms with E-state index in [0.29, 0.717) is 28.9 Å². The summed E-state index contributed by atoms with van der Waals surface area (Å²) < 4.78 is 32.7. The highest BCUT2D eigenvalue weighted by Gasteiger charge is 2.32. The van der Waals surface area contributed by atoms with Crippen LogP contribution in [0.5, 0.6) is 0 Å². The summed E-state index contributed by atoms with van der Waals surface area (Å²) in [6, 6.07) is 12.7. The lowest BCUT2D eigenvalue weighted by molar-refractivity contribution is 0.0691. The summed E-state index contributed by atoms with van der Waals surface area (Å²) in [4.78, 5) is 18.9. The van der Waals surface area contributed by atoms with Gasteiger partial charge in [0.25, 0.3) is 15.9 Å². The van der Waals surface area contributed by atoms with Gasteiger partial charge in [-0.3, -0.25) is 4.79 Å². The summed E-state index contributed by atoms with van der Waals surface area (Å²) in [6.07, 6.45) is 0. The molecule has 3 aromatic rings. The van der Waals surface area contributed by atoms with Gasteiger partial charge in [0.2, 0.25) is 5.89 Å². The number of hydrogen-bond acceptors (Lipinski definition) is 6. The monoisotopic (exact) mass is 417 g/mol. The number of amides is 1.